The molecule has 2 aromatic carbocycles. The number of anilines is 1. The molecule has 0 aliphatic carbocycles. The Morgan fingerprint density at radius 2 is 1.97 bits per heavy atom. The zero-order valence-corrected chi connectivity index (χ0v) is 19.4. The summed E-state index contributed by atoms with van der Waals surface area (Å²) < 4.78 is 7.04. The summed E-state index contributed by atoms with van der Waals surface area (Å²) in [5.41, 5.74) is 4.12. The van der Waals surface area contributed by atoms with Crippen molar-refractivity contribution in [2.45, 2.75) is 25.0 Å². The molecule has 0 saturated carbocycles. The van der Waals surface area contributed by atoms with Crippen LogP contribution in [0, 0.1) is 6.92 Å². The van der Waals surface area contributed by atoms with Gasteiger partial charge in [-0.2, -0.15) is 0 Å². The van der Waals surface area contributed by atoms with E-state index in [1.165, 1.54) is 23.6 Å². The van der Waals surface area contributed by atoms with Gasteiger partial charge < -0.3 is 14.6 Å². The van der Waals surface area contributed by atoms with Gasteiger partial charge in [0.05, 0.1) is 18.6 Å². The monoisotopic (exact) mass is 473 g/mol. The van der Waals surface area contributed by atoms with E-state index in [9.17, 15) is 9.59 Å². The molecule has 172 valence electrons. The summed E-state index contributed by atoms with van der Waals surface area (Å²) in [6.45, 7) is 2.86. The second kappa shape index (κ2) is 9.56. The lowest BCUT2D eigenvalue weighted by atomic mass is 10.2. The first-order chi connectivity index (χ1) is 16.6. The van der Waals surface area contributed by atoms with E-state index in [1.54, 1.807) is 12.1 Å². The molecule has 1 aliphatic rings. The van der Waals surface area contributed by atoms with Crippen molar-refractivity contribution < 1.29 is 14.0 Å². The van der Waals surface area contributed by atoms with Crippen molar-refractivity contribution >= 4 is 29.3 Å². The summed E-state index contributed by atoms with van der Waals surface area (Å²) in [5.74, 6) is 0.721. The highest BCUT2D eigenvalue weighted by Crippen LogP contribution is 2.29. The lowest BCUT2D eigenvalue weighted by molar-refractivity contribution is -0.116. The Kier molecular flexibility index (Phi) is 6.18. The first-order valence-electron chi connectivity index (χ1n) is 10.9. The normalized spacial score (nSPS) is 12.6. The number of carbonyl (C=O) groups excluding carboxylic acids is 2. The first kappa shape index (κ1) is 22.0. The van der Waals surface area contributed by atoms with E-state index in [1.807, 2.05) is 58.9 Å². The summed E-state index contributed by atoms with van der Waals surface area (Å²) >= 11 is 1.34. The number of fused-ring (bicyclic) bond motifs is 1. The van der Waals surface area contributed by atoms with Crippen LogP contribution in [0.3, 0.4) is 0 Å². The Hall–Kier alpha value is -3.85. The minimum absolute atomic E-state index is 0.0291. The zero-order valence-electron chi connectivity index (χ0n) is 18.6. The number of carbonyl (C=O) groups is 2. The SMILES string of the molecule is Cc1cccc(-n2c(CNC(=O)c3ccco3)nnc2SCC(=O)N2CCc3ccccc32)c1. The zero-order chi connectivity index (χ0) is 23.5. The summed E-state index contributed by atoms with van der Waals surface area (Å²) in [6, 6.07) is 19.2. The summed E-state index contributed by atoms with van der Waals surface area (Å²) in [7, 11) is 0. The Morgan fingerprint density at radius 1 is 1.09 bits per heavy atom. The lowest BCUT2D eigenvalue weighted by Crippen LogP contribution is -2.30. The van der Waals surface area contributed by atoms with E-state index in [-0.39, 0.29) is 29.9 Å². The summed E-state index contributed by atoms with van der Waals surface area (Å²) in [6.07, 6.45) is 2.32. The highest BCUT2D eigenvalue weighted by atomic mass is 32.2. The molecule has 1 N–H and O–H groups in total. The number of rotatable bonds is 7. The van der Waals surface area contributed by atoms with Gasteiger partial charge in [0.2, 0.25) is 5.91 Å². The molecular formula is C25H23N5O3S. The quantitative estimate of drug-likeness (QED) is 0.411. The highest BCUT2D eigenvalue weighted by molar-refractivity contribution is 7.99. The fourth-order valence-electron chi connectivity index (χ4n) is 3.99. The predicted molar refractivity (Wildman–Crippen MR) is 129 cm³/mol. The molecule has 1 aliphatic heterocycles. The van der Waals surface area contributed by atoms with Gasteiger partial charge in [-0.3, -0.25) is 14.2 Å². The third-order valence-electron chi connectivity index (χ3n) is 5.63. The molecule has 0 unspecified atom stereocenters. The number of para-hydroxylation sites is 1. The van der Waals surface area contributed by atoms with Crippen LogP contribution in [0.4, 0.5) is 5.69 Å². The van der Waals surface area contributed by atoms with Gasteiger partial charge in [0.15, 0.2) is 16.7 Å². The minimum Gasteiger partial charge on any atom is -0.459 e. The van der Waals surface area contributed by atoms with Crippen molar-refractivity contribution in [3.63, 3.8) is 0 Å². The van der Waals surface area contributed by atoms with Crippen LogP contribution in [0.2, 0.25) is 0 Å². The van der Waals surface area contributed by atoms with Crippen molar-refractivity contribution in [2.75, 3.05) is 17.2 Å². The molecule has 2 aromatic heterocycles. The molecule has 0 bridgehead atoms. The van der Waals surface area contributed by atoms with Crippen LogP contribution in [0.25, 0.3) is 5.69 Å². The van der Waals surface area contributed by atoms with Crippen molar-refractivity contribution in [3.8, 4) is 5.69 Å². The predicted octanol–water partition coefficient (Wildman–Crippen LogP) is 3.78. The summed E-state index contributed by atoms with van der Waals surface area (Å²) in [5, 5.41) is 12.1. The second-order valence-electron chi connectivity index (χ2n) is 7.95. The molecule has 0 radical (unpaired) electrons. The van der Waals surface area contributed by atoms with Crippen LogP contribution in [-0.2, 0) is 17.8 Å². The van der Waals surface area contributed by atoms with Gasteiger partial charge in [-0.25, -0.2) is 0 Å². The molecule has 0 atom stereocenters. The maximum Gasteiger partial charge on any atom is 0.287 e. The van der Waals surface area contributed by atoms with Crippen molar-refractivity contribution in [2.24, 2.45) is 0 Å². The van der Waals surface area contributed by atoms with E-state index in [2.05, 4.69) is 21.6 Å². The van der Waals surface area contributed by atoms with Crippen LogP contribution < -0.4 is 10.2 Å². The number of hydrogen-bond acceptors (Lipinski definition) is 6. The van der Waals surface area contributed by atoms with E-state index in [0.29, 0.717) is 17.5 Å². The van der Waals surface area contributed by atoms with Gasteiger partial charge in [0, 0.05) is 17.9 Å². The second-order valence-corrected chi connectivity index (χ2v) is 8.89. The van der Waals surface area contributed by atoms with Gasteiger partial charge in [-0.1, -0.05) is 42.1 Å². The molecule has 5 rings (SSSR count). The third kappa shape index (κ3) is 4.47. The number of nitrogens with one attached hydrogen (secondary N) is 1. The number of thioether (sulfide) groups is 1. The number of furan rings is 1. The standard InChI is InChI=1S/C25H23N5O3S/c1-17-6-4-8-19(14-17)30-22(15-26-24(32)21-10-5-13-33-21)27-28-25(30)34-16-23(31)29-12-11-18-7-2-3-9-20(18)29/h2-10,13-14H,11-12,15-16H2,1H3,(H,26,32). The van der Waals surface area contributed by atoms with Crippen LogP contribution in [0.5, 0.6) is 0 Å². The Balaban J connectivity index is 1.35. The van der Waals surface area contributed by atoms with E-state index < -0.39 is 0 Å². The fraction of sp³-hybridized carbons (Fsp3) is 0.200. The molecule has 0 fully saturated rings. The molecule has 4 aromatic rings. The number of amides is 2. The molecule has 0 spiro atoms. The largest absolute Gasteiger partial charge is 0.459 e. The Bertz CT molecular complexity index is 1330. The van der Waals surface area contributed by atoms with Crippen molar-refractivity contribution in [1.82, 2.24) is 20.1 Å². The Morgan fingerprint density at radius 3 is 2.79 bits per heavy atom. The van der Waals surface area contributed by atoms with Crippen LogP contribution in [0.1, 0.15) is 27.5 Å². The molecule has 0 saturated heterocycles. The number of aromatic nitrogens is 3. The maximum atomic E-state index is 13.0. The van der Waals surface area contributed by atoms with Crippen LogP contribution in [-0.4, -0.2) is 38.9 Å². The molecule has 3 heterocycles. The fourth-order valence-corrected chi connectivity index (χ4v) is 4.84. The number of benzene rings is 2. The lowest BCUT2D eigenvalue weighted by Gasteiger charge is -2.17. The Labute approximate surface area is 201 Å². The number of aryl methyl sites for hydroxylation is 1. The van der Waals surface area contributed by atoms with E-state index in [4.69, 9.17) is 4.42 Å². The maximum absolute atomic E-state index is 13.0. The van der Waals surface area contributed by atoms with E-state index >= 15 is 0 Å². The summed E-state index contributed by atoms with van der Waals surface area (Å²) in [4.78, 5) is 27.2. The number of hydrogen-bond donors (Lipinski definition) is 1. The molecule has 34 heavy (non-hydrogen) atoms. The topological polar surface area (TPSA) is 93.3 Å². The highest BCUT2D eigenvalue weighted by Gasteiger charge is 2.25. The minimum atomic E-state index is -0.333. The average Bonchev–Trinajstić information content (AvgIpc) is 3.60. The molecule has 2 amide bonds. The number of nitrogens with zero attached hydrogens (tertiary/aromatic N) is 4. The third-order valence-corrected chi connectivity index (χ3v) is 6.54. The molecular weight excluding hydrogens is 450 g/mol. The van der Waals surface area contributed by atoms with Gasteiger partial charge in [-0.05, 0) is 54.8 Å². The van der Waals surface area contributed by atoms with Gasteiger partial charge >= 0.3 is 0 Å². The van der Waals surface area contributed by atoms with Crippen molar-refractivity contribution in [3.05, 3.63) is 89.6 Å². The molecule has 9 heteroatoms. The smallest absolute Gasteiger partial charge is 0.287 e. The first-order valence-corrected chi connectivity index (χ1v) is 11.9. The van der Waals surface area contributed by atoms with Gasteiger partial charge in [-0.15, -0.1) is 10.2 Å². The van der Waals surface area contributed by atoms with Gasteiger partial charge in [0.25, 0.3) is 5.91 Å². The average molecular weight is 474 g/mol. The van der Waals surface area contributed by atoms with Crippen LogP contribution >= 0.6 is 11.8 Å². The van der Waals surface area contributed by atoms with Gasteiger partial charge in [0.1, 0.15) is 0 Å². The van der Waals surface area contributed by atoms with Crippen LogP contribution in [0.15, 0.2) is 76.5 Å². The van der Waals surface area contributed by atoms with Crippen molar-refractivity contribution in [1.29, 1.82) is 0 Å². The van der Waals surface area contributed by atoms with E-state index in [0.717, 1.165) is 23.4 Å². The molecule has 8 nitrogen and oxygen atoms in total.